The number of carboxylic acids is 3. The Labute approximate surface area is 543 Å². The number of nitrogens with two attached hydrogens (primary N) is 2. The first kappa shape index (κ1) is 77.2. The Morgan fingerprint density at radius 2 is 1.07 bits per heavy atom. The van der Waals surface area contributed by atoms with Crippen LogP contribution >= 0.6 is 0 Å². The van der Waals surface area contributed by atoms with E-state index in [9.17, 15) is 76.1 Å². The van der Waals surface area contributed by atoms with Crippen molar-refractivity contribution >= 4 is 82.0 Å². The van der Waals surface area contributed by atoms with Crippen molar-refractivity contribution < 1.29 is 86.0 Å². The van der Waals surface area contributed by atoms with Crippen LogP contribution in [0.15, 0.2) is 85.8 Å². The Morgan fingerprint density at radius 1 is 0.558 bits per heavy atom. The molecule has 518 valence electrons. The van der Waals surface area contributed by atoms with Crippen molar-refractivity contribution in [1.82, 2.24) is 72.8 Å². The zero-order valence-electron chi connectivity index (χ0n) is 52.8. The molecule has 5 rings (SSSR count). The van der Waals surface area contributed by atoms with E-state index in [-0.39, 0.29) is 57.4 Å². The van der Waals surface area contributed by atoms with E-state index >= 15 is 0 Å². The molecule has 34 heteroatoms. The number of fused-ring (bicyclic) bond motifs is 1. The zero-order chi connectivity index (χ0) is 70.5. The van der Waals surface area contributed by atoms with Crippen molar-refractivity contribution in [3.8, 4) is 0 Å². The molecule has 2 aromatic carbocycles. The summed E-state index contributed by atoms with van der Waals surface area (Å²) in [6, 6.07) is 3.67. The van der Waals surface area contributed by atoms with Gasteiger partial charge in [-0.15, -0.1) is 0 Å². The smallest absolute Gasteiger partial charge is 0.481 e. The quantitative estimate of drug-likeness (QED) is 0.0226. The van der Waals surface area contributed by atoms with E-state index in [4.69, 9.17) is 21.4 Å². The number of carbonyl (C=O) groups is 12. The van der Waals surface area contributed by atoms with Gasteiger partial charge in [0.15, 0.2) is 0 Å². The molecule has 0 radical (unpaired) electrons. The van der Waals surface area contributed by atoms with Gasteiger partial charge in [-0.1, -0.05) is 76.2 Å². The van der Waals surface area contributed by atoms with Crippen LogP contribution in [0, 0.1) is 11.8 Å². The van der Waals surface area contributed by atoms with Crippen LogP contribution in [-0.2, 0) is 83.2 Å². The number of carbonyl (C=O) groups excluding carboxylic acids is 9. The van der Waals surface area contributed by atoms with E-state index in [1.807, 2.05) is 6.07 Å². The maximum atomic E-state index is 15.0. The van der Waals surface area contributed by atoms with Gasteiger partial charge in [-0.2, -0.15) is 13.2 Å². The monoisotopic (exact) mass is 1340 g/mol. The molecule has 9 atom stereocenters. The third-order valence-corrected chi connectivity index (χ3v) is 14.5. The second-order valence-electron chi connectivity index (χ2n) is 23.0. The van der Waals surface area contributed by atoms with E-state index in [1.165, 1.54) is 32.0 Å². The second kappa shape index (κ2) is 38.1. The fourth-order valence-electron chi connectivity index (χ4n) is 9.41. The van der Waals surface area contributed by atoms with E-state index in [2.05, 4.69) is 72.8 Å². The summed E-state index contributed by atoms with van der Waals surface area (Å²) in [5.74, 6) is -13.5. The van der Waals surface area contributed by atoms with Crippen LogP contribution < -0.4 is 59.3 Å². The Kier molecular flexibility index (Phi) is 30.9. The molecule has 95 heavy (non-hydrogen) atoms. The van der Waals surface area contributed by atoms with Crippen LogP contribution in [0.4, 0.5) is 13.2 Å². The van der Waals surface area contributed by atoms with Crippen molar-refractivity contribution in [1.29, 1.82) is 0 Å². The fraction of sp³-hybridized carbons (Fsp3) is 0.475. The zero-order valence-corrected chi connectivity index (χ0v) is 52.8. The molecule has 0 saturated heterocycles. The largest absolute Gasteiger partial charge is 0.490 e. The van der Waals surface area contributed by atoms with Gasteiger partial charge in [-0.25, -0.2) is 19.6 Å². The summed E-state index contributed by atoms with van der Waals surface area (Å²) in [5, 5.41) is 50.5. The molecule has 0 bridgehead atoms. The summed E-state index contributed by atoms with van der Waals surface area (Å²) in [7, 11) is 0. The number of aromatic amines is 3. The number of rotatable bonds is 37. The lowest BCUT2D eigenvalue weighted by molar-refractivity contribution is -0.192. The Morgan fingerprint density at radius 3 is 1.61 bits per heavy atom. The van der Waals surface area contributed by atoms with Gasteiger partial charge in [0.2, 0.25) is 53.2 Å². The number of imidazole rings is 2. The number of H-pyrrole nitrogens is 3. The molecule has 9 amide bonds. The van der Waals surface area contributed by atoms with Crippen molar-refractivity contribution in [2.45, 2.75) is 159 Å². The standard InChI is InChI=1S/C59H82N16O13.C2HF3O2/c1-32(2)21-47(59(87)88)69-48(76)29-65-58(86)50(33(3)4)75-57(85)44(22-35-13-7-6-8-14-35)72-55(83)45(23-36-26-64-41-16-10-9-15-39(36)41)73-56(84)46(25-38-28-63-31-67-38)74-53(81)42(17-11-12-20-60)71-54(82)43(18-19-49(77)78)70-51(79)34(5)68-52(80)40(61)24-37-27-62-30-66-37;3-2(4,5)1(6)7/h6-10,13-16,26-28,30-34,40,42-47,50,64H,11-12,17-25,29,60-61H2,1-5H3,(H,62,66)(H,63,67)(H,65,86)(H,68,80)(H,69,76)(H,70,79)(H,71,82)(H,72,83)(H,73,84)(H,74,81)(H,75,85)(H,77,78)(H,87,88);(H,6,7)/t34-,40-,42-,43-,44-,45-,46-,47-,50-;/m0./s1. The lowest BCUT2D eigenvalue weighted by Gasteiger charge is -2.28. The number of carboxylic acid groups (broad SMARTS) is 3. The number of aromatic nitrogens is 5. The predicted octanol–water partition coefficient (Wildman–Crippen LogP) is -0.360. The highest BCUT2D eigenvalue weighted by molar-refractivity contribution is 5.99. The first-order chi connectivity index (χ1) is 44.9. The minimum absolute atomic E-state index is 0.0514. The van der Waals surface area contributed by atoms with Crippen LogP contribution in [0.25, 0.3) is 10.9 Å². The number of nitrogens with zero attached hydrogens (tertiary/aromatic N) is 2. The van der Waals surface area contributed by atoms with Crippen LogP contribution in [0.3, 0.4) is 0 Å². The van der Waals surface area contributed by atoms with Gasteiger partial charge in [0.25, 0.3) is 0 Å². The molecule has 0 aliphatic carbocycles. The Bertz CT molecular complexity index is 3370. The number of aliphatic carboxylic acids is 3. The molecule has 31 nitrogen and oxygen atoms in total. The van der Waals surface area contributed by atoms with Gasteiger partial charge < -0.3 is 89.6 Å². The lowest BCUT2D eigenvalue weighted by Crippen LogP contribution is -2.61. The fourth-order valence-corrected chi connectivity index (χ4v) is 9.41. The summed E-state index contributed by atoms with van der Waals surface area (Å²) in [5.41, 5.74) is 14.7. The number of hydrogen-bond donors (Lipinski definition) is 17. The van der Waals surface area contributed by atoms with Gasteiger partial charge in [0, 0.05) is 73.0 Å². The van der Waals surface area contributed by atoms with Crippen molar-refractivity contribution in [3.05, 3.63) is 108 Å². The number of alkyl halides is 3. The van der Waals surface area contributed by atoms with E-state index < -0.39 is 157 Å². The Balaban J connectivity index is 0.00000259. The van der Waals surface area contributed by atoms with Gasteiger partial charge in [0.1, 0.15) is 48.3 Å². The molecule has 5 aromatic rings. The van der Waals surface area contributed by atoms with Crippen LogP contribution in [-0.4, -0.2) is 185 Å². The van der Waals surface area contributed by atoms with Gasteiger partial charge in [0.05, 0.1) is 25.2 Å². The maximum Gasteiger partial charge on any atom is 0.490 e. The third-order valence-electron chi connectivity index (χ3n) is 14.5. The highest BCUT2D eigenvalue weighted by Gasteiger charge is 2.39. The number of halogens is 3. The van der Waals surface area contributed by atoms with Crippen LogP contribution in [0.2, 0.25) is 0 Å². The third kappa shape index (κ3) is 26.7. The lowest BCUT2D eigenvalue weighted by atomic mass is 9.99. The van der Waals surface area contributed by atoms with Crippen molar-refractivity contribution in [2.75, 3.05) is 13.1 Å². The molecular formula is C61H83F3N16O15. The van der Waals surface area contributed by atoms with E-state index in [1.54, 1.807) is 82.4 Å². The van der Waals surface area contributed by atoms with E-state index in [0.717, 1.165) is 0 Å². The second-order valence-corrected chi connectivity index (χ2v) is 23.0. The summed E-state index contributed by atoms with van der Waals surface area (Å²) in [6.07, 6.45) is 1.48. The minimum Gasteiger partial charge on any atom is -0.481 e. The van der Waals surface area contributed by atoms with Crippen LogP contribution in [0.1, 0.15) is 95.7 Å². The molecule has 0 spiro atoms. The normalized spacial score (nSPS) is 14.1. The van der Waals surface area contributed by atoms with Crippen molar-refractivity contribution in [2.24, 2.45) is 23.3 Å². The summed E-state index contributed by atoms with van der Waals surface area (Å²) < 4.78 is 31.7. The molecule has 3 aromatic heterocycles. The first-order valence-electron chi connectivity index (χ1n) is 30.3. The van der Waals surface area contributed by atoms with Crippen LogP contribution in [0.5, 0.6) is 0 Å². The number of para-hydroxylation sites is 1. The number of nitrogens with one attached hydrogen (secondary N) is 12. The SMILES string of the molecule is CC(C)C[C@H](NC(=O)CNC(=O)[C@@H](NC(=O)[C@H](Cc1ccccc1)NC(=O)[C@H](Cc1c[nH]c2ccccc12)NC(=O)[C@H](Cc1cnc[nH]1)NC(=O)[C@H](CCCCN)NC(=O)[C@H](CCC(=O)O)NC(=O)[C@H](C)NC(=O)[C@@H](N)Cc1cnc[nH]1)C(C)C)C(=O)O.O=C(O)C(F)(F)F. The molecule has 3 heterocycles. The maximum absolute atomic E-state index is 15.0. The molecule has 0 fully saturated rings. The van der Waals surface area contributed by atoms with Crippen molar-refractivity contribution in [3.63, 3.8) is 0 Å². The minimum atomic E-state index is -5.08. The number of hydrogen-bond acceptors (Lipinski definition) is 16. The Hall–Kier alpha value is -10.2. The van der Waals surface area contributed by atoms with Gasteiger partial charge >= 0.3 is 24.1 Å². The summed E-state index contributed by atoms with van der Waals surface area (Å²) in [4.78, 5) is 176. The van der Waals surface area contributed by atoms with Gasteiger partial charge in [-0.3, -0.25) is 47.9 Å². The summed E-state index contributed by atoms with van der Waals surface area (Å²) in [6.45, 7) is 7.82. The summed E-state index contributed by atoms with van der Waals surface area (Å²) >= 11 is 0. The predicted molar refractivity (Wildman–Crippen MR) is 334 cm³/mol. The highest BCUT2D eigenvalue weighted by Crippen LogP contribution is 2.20. The van der Waals surface area contributed by atoms with Gasteiger partial charge in [-0.05, 0) is 74.6 Å². The van der Waals surface area contributed by atoms with E-state index in [0.29, 0.717) is 39.8 Å². The molecule has 0 saturated carbocycles. The molecule has 19 N–H and O–H groups in total. The molecule has 0 aliphatic rings. The number of benzene rings is 2. The average Bonchev–Trinajstić information content (AvgIpc) is 1.76. The number of amides is 9. The topological polar surface area (TPSA) is 499 Å². The average molecular weight is 1340 g/mol. The highest BCUT2D eigenvalue weighted by atomic mass is 19.4. The first-order valence-corrected chi connectivity index (χ1v) is 30.3. The number of unbranched alkanes of at least 4 members (excludes halogenated alkanes) is 1. The molecular weight excluding hydrogens is 1250 g/mol. The molecule has 0 aliphatic heterocycles. The molecule has 0 unspecified atom stereocenters.